The van der Waals surface area contributed by atoms with E-state index in [0.717, 1.165) is 31.0 Å². The van der Waals surface area contributed by atoms with Gasteiger partial charge in [0.1, 0.15) is 5.82 Å². The fraction of sp³-hybridized carbons (Fsp3) is 0.136. The second kappa shape index (κ2) is 7.32. The number of hydrogen-bond acceptors (Lipinski definition) is 2. The van der Waals surface area contributed by atoms with Crippen molar-refractivity contribution in [2.24, 2.45) is 0 Å². The van der Waals surface area contributed by atoms with Crippen molar-refractivity contribution < 1.29 is 0 Å². The van der Waals surface area contributed by atoms with Crippen molar-refractivity contribution in [3.63, 3.8) is 0 Å². The highest BCUT2D eigenvalue weighted by Crippen LogP contribution is 2.18. The molecule has 0 aliphatic rings. The van der Waals surface area contributed by atoms with Crippen LogP contribution >= 0.6 is 0 Å². The predicted molar refractivity (Wildman–Crippen MR) is 102 cm³/mol. The third-order valence-corrected chi connectivity index (χ3v) is 4.37. The van der Waals surface area contributed by atoms with Crippen molar-refractivity contribution in [2.75, 3.05) is 0 Å². The fourth-order valence-corrected chi connectivity index (χ4v) is 3.12. The molecule has 0 spiro atoms. The van der Waals surface area contributed by atoms with Crippen LogP contribution in [-0.4, -0.2) is 9.55 Å². The van der Waals surface area contributed by atoms with Gasteiger partial charge in [-0.3, -0.25) is 0 Å². The first-order chi connectivity index (χ1) is 12.4. The van der Waals surface area contributed by atoms with E-state index in [1.54, 1.807) is 0 Å². The van der Waals surface area contributed by atoms with E-state index in [2.05, 4.69) is 82.7 Å². The Bertz CT molecular complexity index is 943. The summed E-state index contributed by atoms with van der Waals surface area (Å²) >= 11 is 0. The summed E-state index contributed by atoms with van der Waals surface area (Å²) in [6.07, 6.45) is 0. The summed E-state index contributed by atoms with van der Waals surface area (Å²) in [5.41, 5.74) is 4.81. The molecule has 0 saturated carbocycles. The lowest BCUT2D eigenvalue weighted by molar-refractivity contribution is 0.628. The minimum absolute atomic E-state index is 0.746. The summed E-state index contributed by atoms with van der Waals surface area (Å²) in [5, 5.41) is 3.52. The normalized spacial score (nSPS) is 11.0. The molecule has 4 aromatic rings. The molecule has 3 heteroatoms. The Morgan fingerprint density at radius 1 is 0.680 bits per heavy atom. The quantitative estimate of drug-likeness (QED) is 0.570. The molecule has 0 radical (unpaired) electrons. The van der Waals surface area contributed by atoms with Crippen LogP contribution in [0.15, 0.2) is 84.9 Å². The molecule has 0 aliphatic heterocycles. The molecule has 0 fully saturated rings. The Hall–Kier alpha value is -2.91. The predicted octanol–water partition coefficient (Wildman–Crippen LogP) is 4.37. The van der Waals surface area contributed by atoms with Gasteiger partial charge in [0, 0.05) is 13.1 Å². The standard InChI is InChI=1S/C22H21N3/c1-3-9-18(10-4-1)15-23-16-22-24-20-13-7-8-14-21(20)25(22)17-19-11-5-2-6-12-19/h1-14,23H,15-17H2. The van der Waals surface area contributed by atoms with Crippen molar-refractivity contribution in [3.05, 3.63) is 102 Å². The van der Waals surface area contributed by atoms with Gasteiger partial charge in [0.2, 0.25) is 0 Å². The molecule has 0 bridgehead atoms. The molecule has 1 heterocycles. The van der Waals surface area contributed by atoms with E-state index in [4.69, 9.17) is 4.98 Å². The van der Waals surface area contributed by atoms with Crippen molar-refractivity contribution in [3.8, 4) is 0 Å². The molecule has 1 N–H and O–H groups in total. The molecule has 25 heavy (non-hydrogen) atoms. The minimum atomic E-state index is 0.746. The van der Waals surface area contributed by atoms with E-state index in [1.807, 2.05) is 12.1 Å². The molecule has 0 unspecified atom stereocenters. The second-order valence-corrected chi connectivity index (χ2v) is 6.18. The SMILES string of the molecule is c1ccc(CNCc2nc3ccccc3n2Cc2ccccc2)cc1. The highest BCUT2D eigenvalue weighted by atomic mass is 15.1. The van der Waals surface area contributed by atoms with Crippen LogP contribution in [0, 0.1) is 0 Å². The topological polar surface area (TPSA) is 29.9 Å². The number of imidazole rings is 1. The largest absolute Gasteiger partial charge is 0.322 e. The van der Waals surface area contributed by atoms with Gasteiger partial charge in [0.25, 0.3) is 0 Å². The molecule has 3 aromatic carbocycles. The zero-order valence-corrected chi connectivity index (χ0v) is 14.1. The monoisotopic (exact) mass is 327 g/mol. The maximum Gasteiger partial charge on any atom is 0.124 e. The van der Waals surface area contributed by atoms with Crippen LogP contribution in [0.4, 0.5) is 0 Å². The number of benzene rings is 3. The number of aromatic nitrogens is 2. The van der Waals surface area contributed by atoms with Gasteiger partial charge in [-0.2, -0.15) is 0 Å². The average Bonchev–Trinajstić information content (AvgIpc) is 3.01. The molecule has 0 atom stereocenters. The summed E-state index contributed by atoms with van der Waals surface area (Å²) in [6, 6.07) is 29.4. The van der Waals surface area contributed by atoms with Gasteiger partial charge in [-0.15, -0.1) is 0 Å². The lowest BCUT2D eigenvalue weighted by Gasteiger charge is -2.10. The molecule has 0 saturated heterocycles. The Morgan fingerprint density at radius 2 is 1.32 bits per heavy atom. The van der Waals surface area contributed by atoms with Crippen LogP contribution in [0.2, 0.25) is 0 Å². The molecule has 0 amide bonds. The third-order valence-electron chi connectivity index (χ3n) is 4.37. The van der Waals surface area contributed by atoms with Crippen LogP contribution in [0.25, 0.3) is 11.0 Å². The molecular formula is C22H21N3. The maximum absolute atomic E-state index is 4.84. The van der Waals surface area contributed by atoms with E-state index in [0.29, 0.717) is 0 Å². The zero-order valence-electron chi connectivity index (χ0n) is 14.1. The van der Waals surface area contributed by atoms with Crippen molar-refractivity contribution in [1.82, 2.24) is 14.9 Å². The Balaban J connectivity index is 1.58. The highest BCUT2D eigenvalue weighted by molar-refractivity contribution is 5.76. The molecule has 124 valence electrons. The van der Waals surface area contributed by atoms with E-state index in [-0.39, 0.29) is 0 Å². The van der Waals surface area contributed by atoms with Crippen molar-refractivity contribution in [1.29, 1.82) is 0 Å². The van der Waals surface area contributed by atoms with Crippen LogP contribution in [0.3, 0.4) is 0 Å². The van der Waals surface area contributed by atoms with E-state index in [1.165, 1.54) is 16.6 Å². The Labute approximate surface area is 148 Å². The zero-order chi connectivity index (χ0) is 16.9. The highest BCUT2D eigenvalue weighted by Gasteiger charge is 2.10. The number of para-hydroxylation sites is 2. The van der Waals surface area contributed by atoms with Crippen LogP contribution in [0.5, 0.6) is 0 Å². The molecule has 0 aliphatic carbocycles. The first-order valence-electron chi connectivity index (χ1n) is 8.63. The number of nitrogens with zero attached hydrogens (tertiary/aromatic N) is 2. The summed E-state index contributed by atoms with van der Waals surface area (Å²) in [6.45, 7) is 2.43. The van der Waals surface area contributed by atoms with Gasteiger partial charge in [-0.1, -0.05) is 72.8 Å². The van der Waals surface area contributed by atoms with Crippen LogP contribution in [-0.2, 0) is 19.6 Å². The second-order valence-electron chi connectivity index (χ2n) is 6.18. The van der Waals surface area contributed by atoms with Gasteiger partial charge in [0.15, 0.2) is 0 Å². The first-order valence-corrected chi connectivity index (χ1v) is 8.63. The average molecular weight is 327 g/mol. The van der Waals surface area contributed by atoms with Gasteiger partial charge < -0.3 is 9.88 Å². The minimum Gasteiger partial charge on any atom is -0.322 e. The van der Waals surface area contributed by atoms with E-state index in [9.17, 15) is 0 Å². The number of nitrogens with one attached hydrogen (secondary N) is 1. The summed E-state index contributed by atoms with van der Waals surface area (Å²) in [5.74, 6) is 1.07. The fourth-order valence-electron chi connectivity index (χ4n) is 3.12. The van der Waals surface area contributed by atoms with Crippen LogP contribution in [0.1, 0.15) is 17.0 Å². The molecule has 1 aromatic heterocycles. The van der Waals surface area contributed by atoms with E-state index >= 15 is 0 Å². The summed E-state index contributed by atoms with van der Waals surface area (Å²) in [7, 11) is 0. The Morgan fingerprint density at radius 3 is 2.08 bits per heavy atom. The van der Waals surface area contributed by atoms with Crippen molar-refractivity contribution in [2.45, 2.75) is 19.6 Å². The number of rotatable bonds is 6. The molecular weight excluding hydrogens is 306 g/mol. The van der Waals surface area contributed by atoms with Crippen molar-refractivity contribution >= 4 is 11.0 Å². The lowest BCUT2D eigenvalue weighted by Crippen LogP contribution is -2.17. The first kappa shape index (κ1) is 15.6. The van der Waals surface area contributed by atoms with Gasteiger partial charge in [-0.25, -0.2) is 4.98 Å². The Kier molecular flexibility index (Phi) is 4.57. The lowest BCUT2D eigenvalue weighted by atomic mass is 10.2. The number of hydrogen-bond donors (Lipinski definition) is 1. The molecule has 4 rings (SSSR count). The number of fused-ring (bicyclic) bond motifs is 1. The van der Waals surface area contributed by atoms with E-state index < -0.39 is 0 Å². The van der Waals surface area contributed by atoms with Gasteiger partial charge in [0.05, 0.1) is 17.6 Å². The summed E-state index contributed by atoms with van der Waals surface area (Å²) in [4.78, 5) is 4.84. The molecule has 3 nitrogen and oxygen atoms in total. The van der Waals surface area contributed by atoms with Gasteiger partial charge >= 0.3 is 0 Å². The summed E-state index contributed by atoms with van der Waals surface area (Å²) < 4.78 is 2.31. The van der Waals surface area contributed by atoms with Gasteiger partial charge in [-0.05, 0) is 23.3 Å². The third kappa shape index (κ3) is 3.62. The smallest absolute Gasteiger partial charge is 0.124 e. The van der Waals surface area contributed by atoms with Crippen LogP contribution < -0.4 is 5.32 Å². The maximum atomic E-state index is 4.84.